The zero-order valence-corrected chi connectivity index (χ0v) is 16.0. The molecule has 0 aliphatic heterocycles. The Kier molecular flexibility index (Phi) is 6.54. The molecule has 24 heavy (non-hydrogen) atoms. The summed E-state index contributed by atoms with van der Waals surface area (Å²) in [6, 6.07) is 0. The summed E-state index contributed by atoms with van der Waals surface area (Å²) in [5, 5.41) is 10.8. The Morgan fingerprint density at radius 1 is 0.833 bits per heavy atom. The Hall–Kier alpha value is -1.69. The number of aromatic nitrogens is 6. The maximum Gasteiger partial charge on any atom is 0.265 e. The highest BCUT2D eigenvalue weighted by atomic mass is 35.5. The first kappa shape index (κ1) is 18.6. The molecule has 0 aliphatic rings. The van der Waals surface area contributed by atoms with Crippen molar-refractivity contribution in [1.82, 2.24) is 28.8 Å². The monoisotopic (exact) mass is 402 g/mol. The van der Waals surface area contributed by atoms with Crippen LogP contribution >= 0.6 is 46.2 Å². The highest BCUT2D eigenvalue weighted by molar-refractivity contribution is 7.10. The molecule has 0 aliphatic carbocycles. The number of nitrogens with zero attached hydrogens (tertiary/aromatic N) is 6. The number of hydrogen-bond acceptors (Lipinski definition) is 11. The maximum atomic E-state index is 11.8. The minimum atomic E-state index is -0.484. The van der Waals surface area contributed by atoms with Gasteiger partial charge < -0.3 is 0 Å². The van der Waals surface area contributed by atoms with Gasteiger partial charge in [-0.05, 0) is 67.0 Å². The summed E-state index contributed by atoms with van der Waals surface area (Å²) < 4.78 is 11.1. The van der Waals surface area contributed by atoms with E-state index in [1.807, 2.05) is 6.92 Å². The zero-order chi connectivity index (χ0) is 17.7. The quantitative estimate of drug-likeness (QED) is 0.483. The fourth-order valence-corrected chi connectivity index (χ4v) is 3.49. The van der Waals surface area contributed by atoms with Gasteiger partial charge in [0.1, 0.15) is 9.75 Å². The third-order valence-corrected chi connectivity index (χ3v) is 5.62. The van der Waals surface area contributed by atoms with Crippen LogP contribution in [-0.4, -0.2) is 39.8 Å². The molecule has 3 aromatic rings. The van der Waals surface area contributed by atoms with Crippen LogP contribution in [0.1, 0.15) is 41.3 Å². The van der Waals surface area contributed by atoms with Crippen LogP contribution in [0.15, 0.2) is 0 Å². The van der Waals surface area contributed by atoms with Crippen LogP contribution in [0.5, 0.6) is 0 Å². The van der Waals surface area contributed by atoms with Crippen LogP contribution < -0.4 is 0 Å². The lowest BCUT2D eigenvalue weighted by atomic mass is 10.2. The molecule has 0 saturated heterocycles. The van der Waals surface area contributed by atoms with Crippen molar-refractivity contribution in [3.63, 3.8) is 0 Å². The first-order valence-corrected chi connectivity index (χ1v) is 9.18. The standard InChI is InChI=1S/C8H8N4OS2.C4H3ClN2OS/c1-4-7(14-11-9-4)3-6(13)8-5(2)10-12-15-8;1-2-3(4(5)8)9-7-6-2/h3H2,1-2H3;1H3. The lowest BCUT2D eigenvalue weighted by molar-refractivity contribution is 0.0996. The molecule has 8 nitrogen and oxygen atoms in total. The number of ketones is 1. The van der Waals surface area contributed by atoms with Gasteiger partial charge in [-0.1, -0.05) is 13.5 Å². The molecule has 0 spiro atoms. The van der Waals surface area contributed by atoms with Crippen LogP contribution in [0.3, 0.4) is 0 Å². The van der Waals surface area contributed by atoms with Crippen molar-refractivity contribution >= 4 is 57.2 Å². The van der Waals surface area contributed by atoms with Crippen molar-refractivity contribution in [2.75, 3.05) is 0 Å². The van der Waals surface area contributed by atoms with Gasteiger partial charge in [0.2, 0.25) is 0 Å². The Morgan fingerprint density at radius 2 is 1.33 bits per heavy atom. The molecule has 0 unspecified atom stereocenters. The molecule has 0 aromatic carbocycles. The van der Waals surface area contributed by atoms with Crippen LogP contribution in [-0.2, 0) is 6.42 Å². The summed E-state index contributed by atoms with van der Waals surface area (Å²) in [5.41, 5.74) is 2.11. The van der Waals surface area contributed by atoms with Crippen molar-refractivity contribution < 1.29 is 9.59 Å². The molecular formula is C12H11ClN6O2S3. The average Bonchev–Trinajstić information content (AvgIpc) is 3.23. The first-order valence-electron chi connectivity index (χ1n) is 6.49. The fourth-order valence-electron chi connectivity index (χ4n) is 1.54. The summed E-state index contributed by atoms with van der Waals surface area (Å²) >= 11 is 8.56. The van der Waals surface area contributed by atoms with E-state index in [1.54, 1.807) is 13.8 Å². The van der Waals surface area contributed by atoms with Gasteiger partial charge in [-0.3, -0.25) is 9.59 Å². The highest BCUT2D eigenvalue weighted by Crippen LogP contribution is 2.16. The molecule has 126 valence electrons. The Labute approximate surface area is 154 Å². The minimum Gasteiger partial charge on any atom is -0.293 e. The van der Waals surface area contributed by atoms with E-state index in [4.69, 9.17) is 11.6 Å². The molecule has 0 bridgehead atoms. The molecule has 12 heteroatoms. The summed E-state index contributed by atoms with van der Waals surface area (Å²) in [4.78, 5) is 24.2. The lowest BCUT2D eigenvalue weighted by Gasteiger charge is -1.95. The van der Waals surface area contributed by atoms with Gasteiger partial charge in [-0.2, -0.15) is 0 Å². The van der Waals surface area contributed by atoms with E-state index in [2.05, 4.69) is 28.8 Å². The second-order valence-corrected chi connectivity index (χ2v) is 7.22. The van der Waals surface area contributed by atoms with E-state index in [9.17, 15) is 9.59 Å². The Bertz CT molecular complexity index is 858. The number of carbonyl (C=O) groups is 2. The molecular weight excluding hydrogens is 392 g/mol. The molecule has 0 amide bonds. The largest absolute Gasteiger partial charge is 0.293 e. The zero-order valence-electron chi connectivity index (χ0n) is 12.8. The van der Waals surface area contributed by atoms with E-state index >= 15 is 0 Å². The van der Waals surface area contributed by atoms with Gasteiger partial charge in [0.25, 0.3) is 5.24 Å². The van der Waals surface area contributed by atoms with Gasteiger partial charge in [0.15, 0.2) is 5.78 Å². The molecule has 3 aromatic heterocycles. The summed E-state index contributed by atoms with van der Waals surface area (Å²) in [5.74, 6) is 0.0386. The topological polar surface area (TPSA) is 111 Å². The maximum absolute atomic E-state index is 11.8. The highest BCUT2D eigenvalue weighted by Gasteiger charge is 2.16. The van der Waals surface area contributed by atoms with Crippen LogP contribution in [0, 0.1) is 20.8 Å². The predicted molar refractivity (Wildman–Crippen MR) is 92.2 cm³/mol. The normalized spacial score (nSPS) is 10.2. The van der Waals surface area contributed by atoms with Gasteiger partial charge >= 0.3 is 0 Å². The smallest absolute Gasteiger partial charge is 0.265 e. The predicted octanol–water partition coefficient (Wildman–Crippen LogP) is 2.66. The van der Waals surface area contributed by atoms with E-state index < -0.39 is 5.24 Å². The second-order valence-electron chi connectivity index (χ2n) is 4.53. The molecule has 0 N–H and O–H groups in total. The minimum absolute atomic E-state index is 0.0386. The van der Waals surface area contributed by atoms with E-state index in [1.165, 1.54) is 11.5 Å². The van der Waals surface area contributed by atoms with E-state index in [0.29, 0.717) is 27.6 Å². The Balaban J connectivity index is 0.000000198. The van der Waals surface area contributed by atoms with Crippen LogP contribution in [0.4, 0.5) is 0 Å². The van der Waals surface area contributed by atoms with Crippen molar-refractivity contribution in [3.8, 4) is 0 Å². The molecule has 0 fully saturated rings. The fraction of sp³-hybridized carbons (Fsp3) is 0.333. The number of halogens is 1. The van der Waals surface area contributed by atoms with Crippen LogP contribution in [0.25, 0.3) is 0 Å². The molecule has 0 radical (unpaired) electrons. The number of rotatable bonds is 4. The third-order valence-electron chi connectivity index (χ3n) is 2.80. The molecule has 3 rings (SSSR count). The number of hydrogen-bond donors (Lipinski definition) is 0. The molecule has 0 saturated carbocycles. The SMILES string of the molecule is Cc1nnsc1C(=O)Cl.Cc1nnsc1CC(=O)c1snnc1C. The van der Waals surface area contributed by atoms with Gasteiger partial charge in [0.05, 0.1) is 22.0 Å². The first-order chi connectivity index (χ1) is 11.4. The van der Waals surface area contributed by atoms with Crippen molar-refractivity contribution in [2.24, 2.45) is 0 Å². The Morgan fingerprint density at radius 3 is 1.71 bits per heavy atom. The van der Waals surface area contributed by atoms with Crippen molar-refractivity contribution in [2.45, 2.75) is 27.2 Å². The number of Topliss-reactive ketones (excluding diaryl/α,β-unsaturated/α-hetero) is 1. The van der Waals surface area contributed by atoms with Gasteiger partial charge in [-0.25, -0.2) is 0 Å². The van der Waals surface area contributed by atoms with Crippen molar-refractivity contribution in [3.05, 3.63) is 31.7 Å². The number of aryl methyl sites for hydroxylation is 3. The molecule has 0 atom stereocenters. The second kappa shape index (κ2) is 8.42. The average molecular weight is 403 g/mol. The van der Waals surface area contributed by atoms with E-state index in [0.717, 1.165) is 33.6 Å². The van der Waals surface area contributed by atoms with E-state index in [-0.39, 0.29) is 5.78 Å². The summed E-state index contributed by atoms with van der Waals surface area (Å²) in [7, 11) is 0. The lowest BCUT2D eigenvalue weighted by Crippen LogP contribution is -2.02. The molecule has 3 heterocycles. The van der Waals surface area contributed by atoms with Gasteiger partial charge in [0, 0.05) is 6.42 Å². The van der Waals surface area contributed by atoms with Crippen LogP contribution in [0.2, 0.25) is 0 Å². The van der Waals surface area contributed by atoms with Gasteiger partial charge in [-0.15, -0.1) is 15.3 Å². The summed E-state index contributed by atoms with van der Waals surface area (Å²) in [6.45, 7) is 5.33. The third kappa shape index (κ3) is 4.66. The summed E-state index contributed by atoms with van der Waals surface area (Å²) in [6.07, 6.45) is 0.341. The number of carbonyl (C=O) groups excluding carboxylic acids is 2. The van der Waals surface area contributed by atoms with Crippen molar-refractivity contribution in [1.29, 1.82) is 0 Å².